The van der Waals surface area contributed by atoms with E-state index in [1.165, 1.54) is 0 Å². The fraction of sp³-hybridized carbons (Fsp3) is 0.793. The van der Waals surface area contributed by atoms with Crippen molar-refractivity contribution in [1.82, 2.24) is 0 Å². The van der Waals surface area contributed by atoms with Crippen molar-refractivity contribution in [2.24, 2.45) is 28.6 Å². The summed E-state index contributed by atoms with van der Waals surface area (Å²) >= 11 is 0. The molecule has 3 aliphatic carbocycles. The molecule has 0 radical (unpaired) electrons. The number of aliphatic hydroxyl groups is 6. The molecule has 0 aromatic heterocycles. The lowest BCUT2D eigenvalue weighted by molar-refractivity contribution is -0.296. The Hall–Kier alpha value is -2.70. The number of ether oxygens (including phenoxy) is 6. The number of Topliss-reactive ketones (excluding diaryl/α,β-unsaturated/α-hetero) is 1. The summed E-state index contributed by atoms with van der Waals surface area (Å²) in [6.07, 6.45) is -14.7. The van der Waals surface area contributed by atoms with Crippen LogP contribution in [0.3, 0.4) is 0 Å². The van der Waals surface area contributed by atoms with E-state index in [0.717, 1.165) is 14.0 Å². The van der Waals surface area contributed by atoms with Crippen molar-refractivity contribution in [2.45, 2.75) is 94.3 Å². The molecule has 2 saturated carbocycles. The van der Waals surface area contributed by atoms with Gasteiger partial charge >= 0.3 is 17.9 Å². The van der Waals surface area contributed by atoms with Crippen LogP contribution in [0, 0.1) is 28.6 Å². The summed E-state index contributed by atoms with van der Waals surface area (Å²) in [5.74, 6) is -6.73. The van der Waals surface area contributed by atoms with E-state index < -0.39 is 120 Å². The maximum Gasteiger partial charge on any atom is 0.348 e. The lowest BCUT2D eigenvalue weighted by Crippen LogP contribution is -2.79. The molecule has 6 N–H and O–H groups in total. The number of carbonyl (C=O) groups excluding carboxylic acids is 4. The van der Waals surface area contributed by atoms with Crippen LogP contribution in [0.1, 0.15) is 33.6 Å². The minimum Gasteiger partial charge on any atom is -0.467 e. The van der Waals surface area contributed by atoms with Crippen LogP contribution < -0.4 is 0 Å². The van der Waals surface area contributed by atoms with E-state index in [9.17, 15) is 49.8 Å². The van der Waals surface area contributed by atoms with Crippen LogP contribution in [-0.2, 0) is 47.6 Å². The molecule has 3 saturated heterocycles. The Morgan fingerprint density at radius 2 is 1.71 bits per heavy atom. The van der Waals surface area contributed by atoms with Crippen molar-refractivity contribution in [3.63, 3.8) is 0 Å². The molecule has 0 aromatic carbocycles. The average Bonchev–Trinajstić information content (AvgIpc) is 3.29. The number of methoxy groups -OCH3 is 1. The van der Waals surface area contributed by atoms with Crippen LogP contribution in [0.15, 0.2) is 11.3 Å². The van der Waals surface area contributed by atoms with Gasteiger partial charge in [0.05, 0.1) is 32.3 Å². The van der Waals surface area contributed by atoms with Crippen LogP contribution in [0.25, 0.3) is 0 Å². The fourth-order valence-electron chi connectivity index (χ4n) is 9.46. The first-order chi connectivity index (χ1) is 21.1. The average molecular weight is 643 g/mol. The van der Waals surface area contributed by atoms with E-state index >= 15 is 0 Å². The highest BCUT2D eigenvalue weighted by molar-refractivity contribution is 5.96. The molecule has 16 heteroatoms. The van der Waals surface area contributed by atoms with E-state index in [-0.39, 0.29) is 25.2 Å². The minimum absolute atomic E-state index is 0.0477. The Labute approximate surface area is 256 Å². The molecule has 5 fully saturated rings. The minimum atomic E-state index is -2.29. The topological polar surface area (TPSA) is 245 Å². The third kappa shape index (κ3) is 4.06. The van der Waals surface area contributed by atoms with Gasteiger partial charge in [-0.25, -0.2) is 9.59 Å². The first-order valence-electron chi connectivity index (χ1n) is 14.8. The normalized spacial score (nSPS) is 50.3. The molecule has 3 heterocycles. The van der Waals surface area contributed by atoms with Crippen molar-refractivity contribution < 1.29 is 78.2 Å². The Bertz CT molecular complexity index is 1330. The highest BCUT2D eigenvalue weighted by Crippen LogP contribution is 2.73. The van der Waals surface area contributed by atoms with E-state index in [1.807, 2.05) is 0 Å². The third-order valence-electron chi connectivity index (χ3n) is 11.2. The van der Waals surface area contributed by atoms with Crippen LogP contribution in [0.2, 0.25) is 0 Å². The number of carbonyl (C=O) groups is 4. The van der Waals surface area contributed by atoms with Crippen LogP contribution in [0.4, 0.5) is 0 Å². The van der Waals surface area contributed by atoms with E-state index in [4.69, 9.17) is 28.4 Å². The molecule has 16 nitrogen and oxygen atoms in total. The van der Waals surface area contributed by atoms with Crippen molar-refractivity contribution in [3.05, 3.63) is 11.3 Å². The molecule has 15 atom stereocenters. The second-order valence-electron chi connectivity index (χ2n) is 13.3. The largest absolute Gasteiger partial charge is 0.467 e. The van der Waals surface area contributed by atoms with Gasteiger partial charge in [0.15, 0.2) is 11.5 Å². The molecule has 3 unspecified atom stereocenters. The van der Waals surface area contributed by atoms with Gasteiger partial charge in [-0.2, -0.15) is 0 Å². The van der Waals surface area contributed by atoms with Crippen LogP contribution in [0.5, 0.6) is 0 Å². The van der Waals surface area contributed by atoms with Crippen molar-refractivity contribution in [2.75, 3.05) is 20.3 Å². The van der Waals surface area contributed by atoms with Crippen molar-refractivity contribution in [1.29, 1.82) is 0 Å². The lowest BCUT2D eigenvalue weighted by atomic mass is 9.38. The van der Waals surface area contributed by atoms with Gasteiger partial charge in [0.25, 0.3) is 0 Å². The van der Waals surface area contributed by atoms with E-state index in [0.29, 0.717) is 5.57 Å². The smallest absolute Gasteiger partial charge is 0.348 e. The van der Waals surface area contributed by atoms with Gasteiger partial charge in [-0.3, -0.25) is 9.59 Å². The Balaban J connectivity index is 1.45. The number of fused-ring (bicyclic) bond motifs is 2. The predicted molar refractivity (Wildman–Crippen MR) is 141 cm³/mol. The van der Waals surface area contributed by atoms with Gasteiger partial charge in [-0.15, -0.1) is 0 Å². The zero-order valence-electron chi connectivity index (χ0n) is 25.0. The first-order valence-corrected chi connectivity index (χ1v) is 14.8. The van der Waals surface area contributed by atoms with Crippen LogP contribution in [-0.4, -0.2) is 135 Å². The molecule has 45 heavy (non-hydrogen) atoms. The predicted octanol–water partition coefficient (Wildman–Crippen LogP) is -3.17. The number of ketones is 1. The number of hydrogen-bond donors (Lipinski definition) is 6. The Kier molecular flexibility index (Phi) is 7.64. The molecule has 2 bridgehead atoms. The summed E-state index contributed by atoms with van der Waals surface area (Å²) in [6, 6.07) is 0. The Morgan fingerprint density at radius 1 is 1.02 bits per heavy atom. The van der Waals surface area contributed by atoms with E-state index in [1.54, 1.807) is 13.8 Å². The zero-order valence-corrected chi connectivity index (χ0v) is 25.0. The monoisotopic (exact) mass is 642 g/mol. The van der Waals surface area contributed by atoms with Gasteiger partial charge in [0.1, 0.15) is 36.6 Å². The van der Waals surface area contributed by atoms with Gasteiger partial charge in [0.2, 0.25) is 18.0 Å². The lowest BCUT2D eigenvalue weighted by Gasteiger charge is -2.67. The summed E-state index contributed by atoms with van der Waals surface area (Å²) in [7, 11) is 1.05. The number of allylic oxidation sites excluding steroid dienone is 2. The molecule has 3 aliphatic heterocycles. The standard InChI is InChI=1S/C29H38O16/c1-9-11-5-14-28-8-41-29(26(39)40-4,22(28)20(24(38)44-14)42-10(2)31)23(37)18(36)21(28)27(11,3)6-12(32)19(9)45-25-17(35)16(34)15(33)13(7-30)43-25/h11,13-18,20-23,25,30,33-37H,5-8H2,1-4H3/t11?,13-,14-,15-,16+,17-,18-,20-,21?,22-,23?,25+,27+,28-,29+/m1/s1. The number of hydrogen-bond acceptors (Lipinski definition) is 16. The number of aliphatic hydroxyl groups excluding tert-OH is 6. The van der Waals surface area contributed by atoms with Gasteiger partial charge < -0.3 is 59.1 Å². The quantitative estimate of drug-likeness (QED) is 0.128. The first kappa shape index (κ1) is 32.2. The van der Waals surface area contributed by atoms with Gasteiger partial charge in [-0.05, 0) is 30.3 Å². The molecular weight excluding hydrogens is 604 g/mol. The molecule has 6 rings (SSSR count). The summed E-state index contributed by atoms with van der Waals surface area (Å²) in [4.78, 5) is 52.8. The van der Waals surface area contributed by atoms with E-state index in [2.05, 4.69) is 0 Å². The van der Waals surface area contributed by atoms with Gasteiger partial charge in [0, 0.05) is 24.7 Å². The van der Waals surface area contributed by atoms with Crippen molar-refractivity contribution >= 4 is 23.7 Å². The highest BCUT2D eigenvalue weighted by Gasteiger charge is 2.85. The molecule has 1 spiro atoms. The zero-order chi connectivity index (χ0) is 33.0. The molecular formula is C29H38O16. The summed E-state index contributed by atoms with van der Waals surface area (Å²) in [5.41, 5.74) is -4.52. The second-order valence-corrected chi connectivity index (χ2v) is 13.3. The number of rotatable bonds is 5. The summed E-state index contributed by atoms with van der Waals surface area (Å²) in [5, 5.41) is 63.9. The van der Waals surface area contributed by atoms with Gasteiger partial charge in [-0.1, -0.05) is 6.92 Å². The molecule has 0 aromatic rings. The van der Waals surface area contributed by atoms with Crippen molar-refractivity contribution in [3.8, 4) is 0 Å². The summed E-state index contributed by atoms with van der Waals surface area (Å²) in [6.45, 7) is 3.37. The second kappa shape index (κ2) is 10.7. The maximum absolute atomic E-state index is 13.8. The third-order valence-corrected chi connectivity index (χ3v) is 11.2. The highest BCUT2D eigenvalue weighted by atomic mass is 16.7. The molecule has 0 amide bonds. The van der Waals surface area contributed by atoms with Crippen LogP contribution >= 0.6 is 0 Å². The maximum atomic E-state index is 13.8. The fourth-order valence-corrected chi connectivity index (χ4v) is 9.46. The SMILES string of the molecule is COC(=O)[C@@]12OC[C@]34C([C@@H](O)C1O)[C@@]1(C)CC(=O)C(O[C@@H]5O[C@H](CO)[C@@H](O)[C@H](O)[C@H]5O)=C(C)C1C[C@H]3OC(=O)[C@H](OC(C)=O)[C@H]42. The number of esters is 3. The Morgan fingerprint density at radius 3 is 2.33 bits per heavy atom. The summed E-state index contributed by atoms with van der Waals surface area (Å²) < 4.78 is 33.6. The molecule has 6 aliphatic rings. The molecule has 250 valence electrons.